The molecule has 1 atom stereocenters. The Labute approximate surface area is 160 Å². The molecule has 0 aliphatic heterocycles. The average molecular weight is 363 g/mol. The first kappa shape index (κ1) is 18.8. The van der Waals surface area contributed by atoms with Crippen molar-refractivity contribution in [2.75, 3.05) is 13.2 Å². The van der Waals surface area contributed by atoms with Gasteiger partial charge in [0.05, 0.1) is 6.54 Å². The third kappa shape index (κ3) is 5.23. The zero-order chi connectivity index (χ0) is 19.1. The quantitative estimate of drug-likeness (QED) is 0.605. The highest BCUT2D eigenvalue weighted by Crippen LogP contribution is 2.21. The van der Waals surface area contributed by atoms with Crippen molar-refractivity contribution in [2.45, 2.75) is 26.4 Å². The molecule has 3 aromatic rings. The SMILES string of the molecule is CCc1ccc(OCCNC(=O)[C@@H](C)Oc2ccc3ccccc3c2)cc1. The molecule has 0 bridgehead atoms. The highest BCUT2D eigenvalue weighted by atomic mass is 16.5. The summed E-state index contributed by atoms with van der Waals surface area (Å²) in [6.45, 7) is 4.71. The van der Waals surface area contributed by atoms with Crippen LogP contribution in [0.1, 0.15) is 19.4 Å². The first-order chi connectivity index (χ1) is 13.2. The first-order valence-corrected chi connectivity index (χ1v) is 9.30. The molecular formula is C23H25NO3. The number of benzene rings is 3. The van der Waals surface area contributed by atoms with Gasteiger partial charge in [0.1, 0.15) is 18.1 Å². The number of nitrogens with one attached hydrogen (secondary N) is 1. The fourth-order valence-corrected chi connectivity index (χ4v) is 2.81. The predicted molar refractivity (Wildman–Crippen MR) is 108 cm³/mol. The molecule has 3 rings (SSSR count). The van der Waals surface area contributed by atoms with E-state index in [1.54, 1.807) is 6.92 Å². The molecule has 0 saturated heterocycles. The standard InChI is InChI=1S/C23H25NO3/c1-3-18-8-11-21(12-9-18)26-15-14-24-23(25)17(2)27-22-13-10-19-6-4-5-7-20(19)16-22/h4-13,16-17H,3,14-15H2,1-2H3,(H,24,25)/t17-/m1/s1. The Bertz CT molecular complexity index is 890. The second-order valence-electron chi connectivity index (χ2n) is 6.41. The van der Waals surface area contributed by atoms with Gasteiger partial charge in [-0.25, -0.2) is 0 Å². The van der Waals surface area contributed by atoms with Crippen molar-refractivity contribution in [1.82, 2.24) is 5.32 Å². The third-order valence-electron chi connectivity index (χ3n) is 4.40. The van der Waals surface area contributed by atoms with Crippen LogP contribution in [0.25, 0.3) is 10.8 Å². The summed E-state index contributed by atoms with van der Waals surface area (Å²) in [6, 6.07) is 21.9. The molecule has 0 aliphatic carbocycles. The number of amides is 1. The average Bonchev–Trinajstić information content (AvgIpc) is 2.71. The molecule has 3 aromatic carbocycles. The summed E-state index contributed by atoms with van der Waals surface area (Å²) in [4.78, 5) is 12.2. The van der Waals surface area contributed by atoms with Crippen molar-refractivity contribution in [3.8, 4) is 11.5 Å². The van der Waals surface area contributed by atoms with Gasteiger partial charge in [0, 0.05) is 0 Å². The molecular weight excluding hydrogens is 338 g/mol. The number of aryl methyl sites for hydroxylation is 1. The predicted octanol–water partition coefficient (Wildman–Crippen LogP) is 4.36. The van der Waals surface area contributed by atoms with Gasteiger partial charge >= 0.3 is 0 Å². The van der Waals surface area contributed by atoms with E-state index in [1.165, 1.54) is 5.56 Å². The molecule has 140 valence electrons. The van der Waals surface area contributed by atoms with Crippen LogP contribution in [0.4, 0.5) is 0 Å². The zero-order valence-corrected chi connectivity index (χ0v) is 15.8. The van der Waals surface area contributed by atoms with Crippen LogP contribution in [0.2, 0.25) is 0 Å². The van der Waals surface area contributed by atoms with Gasteiger partial charge in [-0.3, -0.25) is 4.79 Å². The van der Waals surface area contributed by atoms with Gasteiger partial charge in [-0.15, -0.1) is 0 Å². The van der Waals surface area contributed by atoms with E-state index < -0.39 is 6.10 Å². The number of carbonyl (C=O) groups excluding carboxylic acids is 1. The minimum absolute atomic E-state index is 0.159. The van der Waals surface area contributed by atoms with Crippen LogP contribution in [0, 0.1) is 0 Å². The summed E-state index contributed by atoms with van der Waals surface area (Å²) in [5, 5.41) is 5.08. The molecule has 4 nitrogen and oxygen atoms in total. The van der Waals surface area contributed by atoms with E-state index in [0.717, 1.165) is 22.9 Å². The van der Waals surface area contributed by atoms with E-state index in [9.17, 15) is 4.79 Å². The summed E-state index contributed by atoms with van der Waals surface area (Å²) in [7, 11) is 0. The van der Waals surface area contributed by atoms with Crippen molar-refractivity contribution >= 4 is 16.7 Å². The smallest absolute Gasteiger partial charge is 0.260 e. The maximum atomic E-state index is 12.2. The van der Waals surface area contributed by atoms with E-state index >= 15 is 0 Å². The zero-order valence-electron chi connectivity index (χ0n) is 15.8. The minimum atomic E-state index is -0.574. The van der Waals surface area contributed by atoms with Crippen molar-refractivity contribution in [3.05, 3.63) is 72.3 Å². The maximum Gasteiger partial charge on any atom is 0.260 e. The fourth-order valence-electron chi connectivity index (χ4n) is 2.81. The van der Waals surface area contributed by atoms with Gasteiger partial charge in [-0.1, -0.05) is 49.4 Å². The van der Waals surface area contributed by atoms with Crippen LogP contribution in [0.3, 0.4) is 0 Å². The molecule has 1 N–H and O–H groups in total. The number of rotatable bonds is 8. The van der Waals surface area contributed by atoms with E-state index in [0.29, 0.717) is 18.9 Å². The first-order valence-electron chi connectivity index (χ1n) is 9.30. The summed E-state index contributed by atoms with van der Waals surface area (Å²) >= 11 is 0. The Balaban J connectivity index is 1.44. The summed E-state index contributed by atoms with van der Waals surface area (Å²) in [5.41, 5.74) is 1.27. The monoisotopic (exact) mass is 363 g/mol. The van der Waals surface area contributed by atoms with Gasteiger partial charge in [0.25, 0.3) is 5.91 Å². The maximum absolute atomic E-state index is 12.2. The van der Waals surface area contributed by atoms with E-state index in [2.05, 4.69) is 12.2 Å². The number of ether oxygens (including phenoxy) is 2. The van der Waals surface area contributed by atoms with Crippen molar-refractivity contribution in [3.63, 3.8) is 0 Å². The largest absolute Gasteiger partial charge is 0.492 e. The number of carbonyl (C=O) groups is 1. The molecule has 0 aliphatic rings. The highest BCUT2D eigenvalue weighted by Gasteiger charge is 2.14. The van der Waals surface area contributed by atoms with Gasteiger partial charge in [-0.05, 0) is 53.9 Å². The molecule has 0 unspecified atom stereocenters. The Hall–Kier alpha value is -3.01. The highest BCUT2D eigenvalue weighted by molar-refractivity contribution is 5.84. The lowest BCUT2D eigenvalue weighted by Crippen LogP contribution is -2.38. The van der Waals surface area contributed by atoms with E-state index in [1.807, 2.05) is 66.7 Å². The molecule has 4 heteroatoms. The second kappa shape index (κ2) is 9.08. The number of hydrogen-bond acceptors (Lipinski definition) is 3. The molecule has 0 aromatic heterocycles. The normalized spacial score (nSPS) is 11.8. The minimum Gasteiger partial charge on any atom is -0.492 e. The second-order valence-corrected chi connectivity index (χ2v) is 6.41. The Morgan fingerprint density at radius 1 is 0.963 bits per heavy atom. The van der Waals surface area contributed by atoms with Crippen molar-refractivity contribution < 1.29 is 14.3 Å². The Morgan fingerprint density at radius 3 is 2.41 bits per heavy atom. The number of fused-ring (bicyclic) bond motifs is 1. The van der Waals surface area contributed by atoms with Crippen molar-refractivity contribution in [2.24, 2.45) is 0 Å². The summed E-state index contributed by atoms with van der Waals surface area (Å²) in [5.74, 6) is 1.33. The van der Waals surface area contributed by atoms with Crippen molar-refractivity contribution in [1.29, 1.82) is 0 Å². The van der Waals surface area contributed by atoms with Gasteiger partial charge in [-0.2, -0.15) is 0 Å². The summed E-state index contributed by atoms with van der Waals surface area (Å²) in [6.07, 6.45) is 0.431. The van der Waals surface area contributed by atoms with Crippen LogP contribution < -0.4 is 14.8 Å². The van der Waals surface area contributed by atoms with Gasteiger partial charge in [0.15, 0.2) is 6.10 Å². The summed E-state index contributed by atoms with van der Waals surface area (Å²) < 4.78 is 11.4. The third-order valence-corrected chi connectivity index (χ3v) is 4.40. The Morgan fingerprint density at radius 2 is 1.67 bits per heavy atom. The lowest BCUT2D eigenvalue weighted by molar-refractivity contribution is -0.127. The van der Waals surface area contributed by atoms with Gasteiger partial charge in [0.2, 0.25) is 0 Å². The molecule has 0 saturated carbocycles. The fraction of sp³-hybridized carbons (Fsp3) is 0.261. The molecule has 1 amide bonds. The van der Waals surface area contributed by atoms with E-state index in [-0.39, 0.29) is 5.91 Å². The molecule has 0 radical (unpaired) electrons. The molecule has 27 heavy (non-hydrogen) atoms. The molecule has 0 heterocycles. The van der Waals surface area contributed by atoms with Crippen LogP contribution in [0.5, 0.6) is 11.5 Å². The topological polar surface area (TPSA) is 47.6 Å². The Kier molecular flexibility index (Phi) is 6.31. The lowest BCUT2D eigenvalue weighted by atomic mass is 10.1. The van der Waals surface area contributed by atoms with E-state index in [4.69, 9.17) is 9.47 Å². The van der Waals surface area contributed by atoms with Crippen LogP contribution in [-0.4, -0.2) is 25.2 Å². The van der Waals surface area contributed by atoms with Crippen LogP contribution in [0.15, 0.2) is 66.7 Å². The molecule has 0 fully saturated rings. The van der Waals surface area contributed by atoms with Crippen LogP contribution in [-0.2, 0) is 11.2 Å². The lowest BCUT2D eigenvalue weighted by Gasteiger charge is -2.15. The van der Waals surface area contributed by atoms with Crippen LogP contribution >= 0.6 is 0 Å². The number of hydrogen-bond donors (Lipinski definition) is 1. The van der Waals surface area contributed by atoms with Gasteiger partial charge < -0.3 is 14.8 Å². The molecule has 0 spiro atoms.